The highest BCUT2D eigenvalue weighted by atomic mass is 35.5. The van der Waals surface area contributed by atoms with Crippen LogP contribution in [0.25, 0.3) is 0 Å². The van der Waals surface area contributed by atoms with Crippen LogP contribution < -0.4 is 4.74 Å². The number of halogens is 1. The van der Waals surface area contributed by atoms with E-state index in [4.69, 9.17) is 16.3 Å². The SMILES string of the molecule is COc1ccc(Cl)cc1C(=O)CC1CN(C)CCN1C. The van der Waals surface area contributed by atoms with Crippen LogP contribution in [0.2, 0.25) is 5.02 Å². The minimum absolute atomic E-state index is 0.0801. The first-order valence-electron chi connectivity index (χ1n) is 6.76. The fraction of sp³-hybridized carbons (Fsp3) is 0.533. The number of piperazine rings is 1. The number of hydrogen-bond donors (Lipinski definition) is 0. The molecule has 110 valence electrons. The number of ketones is 1. The van der Waals surface area contributed by atoms with Gasteiger partial charge in [0.1, 0.15) is 5.75 Å². The zero-order valence-corrected chi connectivity index (χ0v) is 13.0. The number of hydrogen-bond acceptors (Lipinski definition) is 4. The first-order chi connectivity index (χ1) is 9.51. The van der Waals surface area contributed by atoms with E-state index in [9.17, 15) is 4.79 Å². The van der Waals surface area contributed by atoms with Gasteiger partial charge >= 0.3 is 0 Å². The van der Waals surface area contributed by atoms with Gasteiger partial charge < -0.3 is 14.5 Å². The lowest BCUT2D eigenvalue weighted by atomic mass is 10.0. The lowest BCUT2D eigenvalue weighted by Crippen LogP contribution is -2.50. The molecule has 1 aromatic rings. The molecule has 1 unspecified atom stereocenters. The maximum Gasteiger partial charge on any atom is 0.168 e. The molecule has 4 nitrogen and oxygen atoms in total. The van der Waals surface area contributed by atoms with Gasteiger partial charge in [0, 0.05) is 37.1 Å². The molecule has 20 heavy (non-hydrogen) atoms. The molecule has 5 heteroatoms. The number of methoxy groups -OCH3 is 1. The highest BCUT2D eigenvalue weighted by Gasteiger charge is 2.26. The van der Waals surface area contributed by atoms with Crippen molar-refractivity contribution in [2.45, 2.75) is 12.5 Å². The van der Waals surface area contributed by atoms with Gasteiger partial charge in [-0.1, -0.05) is 11.6 Å². The minimum Gasteiger partial charge on any atom is -0.496 e. The van der Waals surface area contributed by atoms with Crippen LogP contribution in [0.1, 0.15) is 16.8 Å². The van der Waals surface area contributed by atoms with Crippen molar-refractivity contribution in [3.8, 4) is 5.75 Å². The number of likely N-dealkylation sites (N-methyl/N-ethyl adjacent to an activating group) is 2. The smallest absolute Gasteiger partial charge is 0.168 e. The molecule has 1 heterocycles. The molecule has 0 spiro atoms. The number of Topliss-reactive ketones (excluding diaryl/α,β-unsaturated/α-hetero) is 1. The van der Waals surface area contributed by atoms with Crippen LogP contribution in [-0.4, -0.2) is 62.5 Å². The average molecular weight is 297 g/mol. The predicted molar refractivity (Wildman–Crippen MR) is 80.9 cm³/mol. The summed E-state index contributed by atoms with van der Waals surface area (Å²) in [5, 5.41) is 0.559. The largest absolute Gasteiger partial charge is 0.496 e. The Morgan fingerprint density at radius 1 is 1.40 bits per heavy atom. The van der Waals surface area contributed by atoms with E-state index in [1.807, 2.05) is 0 Å². The number of carbonyl (C=O) groups excluding carboxylic acids is 1. The van der Waals surface area contributed by atoms with Crippen molar-refractivity contribution in [2.75, 3.05) is 40.8 Å². The molecule has 0 bridgehead atoms. The topological polar surface area (TPSA) is 32.8 Å². The summed E-state index contributed by atoms with van der Waals surface area (Å²) in [4.78, 5) is 17.0. The van der Waals surface area contributed by atoms with Crippen molar-refractivity contribution in [2.24, 2.45) is 0 Å². The lowest BCUT2D eigenvalue weighted by Gasteiger charge is -2.37. The van der Waals surface area contributed by atoms with Crippen molar-refractivity contribution in [3.63, 3.8) is 0 Å². The summed E-state index contributed by atoms with van der Waals surface area (Å²) in [5.74, 6) is 0.669. The number of rotatable bonds is 4. The first-order valence-corrected chi connectivity index (χ1v) is 7.14. The Hall–Kier alpha value is -1.10. The molecule has 0 aromatic heterocycles. The molecular formula is C15H21ClN2O2. The molecular weight excluding hydrogens is 276 g/mol. The third kappa shape index (κ3) is 3.51. The number of nitrogens with zero attached hydrogens (tertiary/aromatic N) is 2. The van der Waals surface area contributed by atoms with Gasteiger partial charge in [-0.25, -0.2) is 0 Å². The van der Waals surface area contributed by atoms with Gasteiger partial charge in [-0.3, -0.25) is 4.79 Å². The van der Waals surface area contributed by atoms with Gasteiger partial charge in [0.15, 0.2) is 5.78 Å². The quantitative estimate of drug-likeness (QED) is 0.797. The van der Waals surface area contributed by atoms with Crippen molar-refractivity contribution in [1.29, 1.82) is 0 Å². The van der Waals surface area contributed by atoms with Gasteiger partial charge in [-0.05, 0) is 32.3 Å². The van der Waals surface area contributed by atoms with Gasteiger partial charge in [0.05, 0.1) is 12.7 Å². The summed E-state index contributed by atoms with van der Waals surface area (Å²) in [6.45, 7) is 2.94. The zero-order chi connectivity index (χ0) is 14.7. The van der Waals surface area contributed by atoms with Crippen LogP contribution in [0, 0.1) is 0 Å². The van der Waals surface area contributed by atoms with Gasteiger partial charge in [0.25, 0.3) is 0 Å². The summed E-state index contributed by atoms with van der Waals surface area (Å²) < 4.78 is 5.26. The van der Waals surface area contributed by atoms with E-state index in [0.29, 0.717) is 22.8 Å². The molecule has 0 aliphatic carbocycles. The Kier molecular flexibility index (Phi) is 5.02. The van der Waals surface area contributed by atoms with E-state index >= 15 is 0 Å². The van der Waals surface area contributed by atoms with Crippen LogP contribution in [0.4, 0.5) is 0 Å². The predicted octanol–water partition coefficient (Wildman–Crippen LogP) is 2.17. The van der Waals surface area contributed by atoms with E-state index < -0.39 is 0 Å². The van der Waals surface area contributed by atoms with E-state index in [1.54, 1.807) is 25.3 Å². The molecule has 1 aliphatic rings. The summed E-state index contributed by atoms with van der Waals surface area (Å²) in [6, 6.07) is 5.41. The highest BCUT2D eigenvalue weighted by Crippen LogP contribution is 2.25. The molecule has 1 fully saturated rings. The zero-order valence-electron chi connectivity index (χ0n) is 12.2. The van der Waals surface area contributed by atoms with E-state index in [0.717, 1.165) is 19.6 Å². The molecule has 0 saturated carbocycles. The van der Waals surface area contributed by atoms with Crippen molar-refractivity contribution < 1.29 is 9.53 Å². The summed E-state index contributed by atoms with van der Waals surface area (Å²) in [5.41, 5.74) is 0.571. The van der Waals surface area contributed by atoms with E-state index in [2.05, 4.69) is 23.9 Å². The molecule has 1 atom stereocenters. The third-order valence-corrected chi connectivity index (χ3v) is 4.10. The normalized spacial score (nSPS) is 20.9. The van der Waals surface area contributed by atoms with Crippen LogP contribution in [0.5, 0.6) is 5.75 Å². The molecule has 1 aromatic carbocycles. The van der Waals surface area contributed by atoms with Gasteiger partial charge in [-0.15, -0.1) is 0 Å². The van der Waals surface area contributed by atoms with Crippen LogP contribution in [0.3, 0.4) is 0 Å². The lowest BCUT2D eigenvalue weighted by molar-refractivity contribution is 0.0807. The summed E-state index contributed by atoms with van der Waals surface area (Å²) in [6.07, 6.45) is 0.484. The summed E-state index contributed by atoms with van der Waals surface area (Å²) in [7, 11) is 5.73. The first kappa shape index (κ1) is 15.3. The maximum absolute atomic E-state index is 12.5. The third-order valence-electron chi connectivity index (χ3n) is 3.86. The molecule has 1 aliphatic heterocycles. The second kappa shape index (κ2) is 6.57. The second-order valence-electron chi connectivity index (χ2n) is 5.37. The fourth-order valence-electron chi connectivity index (χ4n) is 2.54. The number of ether oxygens (including phenoxy) is 1. The van der Waals surface area contributed by atoms with Crippen molar-refractivity contribution in [3.05, 3.63) is 28.8 Å². The highest BCUT2D eigenvalue weighted by molar-refractivity contribution is 6.31. The monoisotopic (exact) mass is 296 g/mol. The molecule has 2 rings (SSSR count). The summed E-state index contributed by atoms with van der Waals surface area (Å²) >= 11 is 5.99. The Balaban J connectivity index is 2.13. The fourth-order valence-corrected chi connectivity index (χ4v) is 2.72. The van der Waals surface area contributed by atoms with Crippen LogP contribution in [-0.2, 0) is 0 Å². The standard InChI is InChI=1S/C15H21ClN2O2/c1-17-6-7-18(2)12(10-17)9-14(19)13-8-11(16)4-5-15(13)20-3/h4-5,8,12H,6-7,9-10H2,1-3H3. The average Bonchev–Trinajstić information content (AvgIpc) is 2.42. The maximum atomic E-state index is 12.5. The van der Waals surface area contributed by atoms with E-state index in [-0.39, 0.29) is 11.8 Å². The Morgan fingerprint density at radius 3 is 2.85 bits per heavy atom. The van der Waals surface area contributed by atoms with E-state index in [1.165, 1.54) is 0 Å². The Bertz CT molecular complexity index is 493. The Labute approximate surface area is 125 Å². The van der Waals surface area contributed by atoms with Gasteiger partial charge in [0.2, 0.25) is 0 Å². The molecule has 0 radical (unpaired) electrons. The van der Waals surface area contributed by atoms with Crippen LogP contribution in [0.15, 0.2) is 18.2 Å². The molecule has 0 N–H and O–H groups in total. The Morgan fingerprint density at radius 2 is 2.15 bits per heavy atom. The number of benzene rings is 1. The van der Waals surface area contributed by atoms with Crippen LogP contribution >= 0.6 is 11.6 Å². The van der Waals surface area contributed by atoms with Gasteiger partial charge in [-0.2, -0.15) is 0 Å². The van der Waals surface area contributed by atoms with Crippen molar-refractivity contribution >= 4 is 17.4 Å². The molecule has 0 amide bonds. The molecule has 1 saturated heterocycles. The minimum atomic E-state index is 0.0801. The van der Waals surface area contributed by atoms with Crippen molar-refractivity contribution in [1.82, 2.24) is 9.80 Å². The second-order valence-corrected chi connectivity index (χ2v) is 5.81. The number of carbonyl (C=O) groups is 1.